The molecule has 0 aromatic heterocycles. The molecule has 0 amide bonds. The van der Waals surface area contributed by atoms with Gasteiger partial charge in [-0.1, -0.05) is 19.1 Å². The van der Waals surface area contributed by atoms with Gasteiger partial charge in [0.15, 0.2) is 0 Å². The van der Waals surface area contributed by atoms with Crippen LogP contribution in [0.3, 0.4) is 0 Å². The summed E-state index contributed by atoms with van der Waals surface area (Å²) in [6, 6.07) is 5.92. The number of hydrogen-bond acceptors (Lipinski definition) is 3. The van der Waals surface area contributed by atoms with E-state index in [4.69, 9.17) is 10.5 Å². The molecule has 0 spiro atoms. The minimum Gasteiger partial charge on any atom is -0.469 e. The third kappa shape index (κ3) is 2.88. The van der Waals surface area contributed by atoms with E-state index in [0.29, 0.717) is 6.42 Å². The highest BCUT2D eigenvalue weighted by atomic mass is 19.1. The summed E-state index contributed by atoms with van der Waals surface area (Å²) in [5.74, 6) is -0.607. The molecule has 0 radical (unpaired) electrons. The van der Waals surface area contributed by atoms with Crippen LogP contribution in [0.5, 0.6) is 0 Å². The van der Waals surface area contributed by atoms with E-state index in [1.807, 2.05) is 13.8 Å². The largest absolute Gasteiger partial charge is 0.469 e. The van der Waals surface area contributed by atoms with Gasteiger partial charge in [0.1, 0.15) is 5.82 Å². The van der Waals surface area contributed by atoms with E-state index in [0.717, 1.165) is 5.56 Å². The van der Waals surface area contributed by atoms with Crippen molar-refractivity contribution in [2.75, 3.05) is 7.11 Å². The molecule has 0 aliphatic carbocycles. The first kappa shape index (κ1) is 14.6. The van der Waals surface area contributed by atoms with Gasteiger partial charge >= 0.3 is 5.97 Å². The topological polar surface area (TPSA) is 52.3 Å². The summed E-state index contributed by atoms with van der Waals surface area (Å²) in [7, 11) is 1.36. The molecule has 0 bridgehead atoms. The Morgan fingerprint density at radius 2 is 2.00 bits per heavy atom. The average molecular weight is 253 g/mol. The molecule has 0 aliphatic heterocycles. The first-order chi connectivity index (χ1) is 8.46. The standard InChI is InChI=1S/C14H20FNO2/c1-4-14(10(2)16,9-13(17)18-3)11-5-7-12(15)8-6-11/h5-8,10H,4,9,16H2,1-3H3. The Bertz CT molecular complexity index is 403. The van der Waals surface area contributed by atoms with E-state index < -0.39 is 5.41 Å². The van der Waals surface area contributed by atoms with Gasteiger partial charge in [-0.05, 0) is 31.0 Å². The Morgan fingerprint density at radius 1 is 1.44 bits per heavy atom. The average Bonchev–Trinajstić information content (AvgIpc) is 2.36. The number of halogens is 1. The molecule has 4 heteroatoms. The molecule has 100 valence electrons. The molecule has 0 aliphatic rings. The number of benzene rings is 1. The lowest BCUT2D eigenvalue weighted by atomic mass is 9.70. The van der Waals surface area contributed by atoms with Crippen molar-refractivity contribution >= 4 is 5.97 Å². The second kappa shape index (κ2) is 5.96. The van der Waals surface area contributed by atoms with E-state index >= 15 is 0 Å². The van der Waals surface area contributed by atoms with Crippen molar-refractivity contribution in [3.63, 3.8) is 0 Å². The highest BCUT2D eigenvalue weighted by molar-refractivity contribution is 5.71. The molecular weight excluding hydrogens is 233 g/mol. The number of carbonyl (C=O) groups excluding carboxylic acids is 1. The lowest BCUT2D eigenvalue weighted by Gasteiger charge is -2.36. The molecule has 0 saturated heterocycles. The summed E-state index contributed by atoms with van der Waals surface area (Å²) in [4.78, 5) is 11.6. The Labute approximate surface area is 107 Å². The molecular formula is C14H20FNO2. The van der Waals surface area contributed by atoms with Gasteiger partial charge in [0.25, 0.3) is 0 Å². The van der Waals surface area contributed by atoms with E-state index in [9.17, 15) is 9.18 Å². The molecule has 2 unspecified atom stereocenters. The van der Waals surface area contributed by atoms with Crippen LogP contribution >= 0.6 is 0 Å². The Balaban J connectivity index is 3.18. The lowest BCUT2D eigenvalue weighted by molar-refractivity contribution is -0.142. The highest BCUT2D eigenvalue weighted by Gasteiger charge is 2.37. The summed E-state index contributed by atoms with van der Waals surface area (Å²) in [6.07, 6.45) is 0.884. The number of carbonyl (C=O) groups is 1. The third-order valence-electron chi connectivity index (χ3n) is 3.61. The fourth-order valence-electron chi connectivity index (χ4n) is 2.29. The smallest absolute Gasteiger partial charge is 0.306 e. The second-order valence-electron chi connectivity index (χ2n) is 4.56. The molecule has 1 aromatic carbocycles. The maximum absolute atomic E-state index is 13.0. The molecule has 0 heterocycles. The number of rotatable bonds is 5. The van der Waals surface area contributed by atoms with Gasteiger partial charge in [-0.25, -0.2) is 4.39 Å². The zero-order chi connectivity index (χ0) is 13.8. The first-order valence-corrected chi connectivity index (χ1v) is 6.04. The van der Waals surface area contributed by atoms with E-state index in [-0.39, 0.29) is 24.2 Å². The van der Waals surface area contributed by atoms with Crippen LogP contribution in [0.4, 0.5) is 4.39 Å². The van der Waals surface area contributed by atoms with E-state index in [1.165, 1.54) is 19.2 Å². The summed E-state index contributed by atoms with van der Waals surface area (Å²) in [5, 5.41) is 0. The van der Waals surface area contributed by atoms with Crippen LogP contribution in [-0.4, -0.2) is 19.1 Å². The van der Waals surface area contributed by atoms with Crippen LogP contribution in [-0.2, 0) is 14.9 Å². The predicted molar refractivity (Wildman–Crippen MR) is 68.7 cm³/mol. The monoisotopic (exact) mass is 253 g/mol. The number of esters is 1. The van der Waals surface area contributed by atoms with Crippen LogP contribution in [0.2, 0.25) is 0 Å². The maximum Gasteiger partial charge on any atom is 0.306 e. The normalized spacial score (nSPS) is 15.8. The van der Waals surface area contributed by atoms with Gasteiger partial charge in [0.05, 0.1) is 13.5 Å². The summed E-state index contributed by atoms with van der Waals surface area (Å²) in [6.45, 7) is 3.82. The molecule has 2 N–H and O–H groups in total. The Hall–Kier alpha value is -1.42. The van der Waals surface area contributed by atoms with Gasteiger partial charge in [-0.2, -0.15) is 0 Å². The molecule has 0 fully saturated rings. The van der Waals surface area contributed by atoms with Crippen molar-refractivity contribution in [1.29, 1.82) is 0 Å². The molecule has 0 saturated carbocycles. The minimum atomic E-state index is -0.513. The number of ether oxygens (including phenoxy) is 1. The van der Waals surface area contributed by atoms with E-state index in [1.54, 1.807) is 12.1 Å². The lowest BCUT2D eigenvalue weighted by Crippen LogP contribution is -2.45. The zero-order valence-electron chi connectivity index (χ0n) is 11.1. The van der Waals surface area contributed by atoms with Crippen LogP contribution in [0, 0.1) is 5.82 Å². The van der Waals surface area contributed by atoms with Crippen LogP contribution in [0.1, 0.15) is 32.3 Å². The van der Waals surface area contributed by atoms with Crippen LogP contribution in [0.25, 0.3) is 0 Å². The summed E-state index contributed by atoms with van der Waals surface area (Å²) >= 11 is 0. The number of hydrogen-bond donors (Lipinski definition) is 1. The van der Waals surface area contributed by atoms with Gasteiger partial charge in [0, 0.05) is 11.5 Å². The van der Waals surface area contributed by atoms with Crippen molar-refractivity contribution in [2.45, 2.75) is 38.1 Å². The van der Waals surface area contributed by atoms with Crippen molar-refractivity contribution < 1.29 is 13.9 Å². The number of methoxy groups -OCH3 is 1. The Kier molecular flexibility index (Phi) is 4.84. The van der Waals surface area contributed by atoms with Gasteiger partial charge in [0.2, 0.25) is 0 Å². The maximum atomic E-state index is 13.0. The second-order valence-corrected chi connectivity index (χ2v) is 4.56. The Morgan fingerprint density at radius 3 is 2.39 bits per heavy atom. The van der Waals surface area contributed by atoms with Crippen molar-refractivity contribution in [3.05, 3.63) is 35.6 Å². The highest BCUT2D eigenvalue weighted by Crippen LogP contribution is 2.35. The predicted octanol–water partition coefficient (Wildman–Crippen LogP) is 2.38. The quantitative estimate of drug-likeness (QED) is 0.820. The van der Waals surface area contributed by atoms with E-state index in [2.05, 4.69) is 0 Å². The van der Waals surface area contributed by atoms with Crippen molar-refractivity contribution in [1.82, 2.24) is 0 Å². The summed E-state index contributed by atoms with van der Waals surface area (Å²) < 4.78 is 17.7. The SMILES string of the molecule is CCC(CC(=O)OC)(c1ccc(F)cc1)C(C)N. The molecule has 2 atom stereocenters. The summed E-state index contributed by atoms with van der Waals surface area (Å²) in [5.41, 5.74) is 6.41. The molecule has 18 heavy (non-hydrogen) atoms. The van der Waals surface area contributed by atoms with Crippen molar-refractivity contribution in [2.24, 2.45) is 5.73 Å². The number of nitrogens with two attached hydrogens (primary N) is 1. The molecule has 3 nitrogen and oxygen atoms in total. The molecule has 1 rings (SSSR count). The fourth-order valence-corrected chi connectivity index (χ4v) is 2.29. The van der Waals surface area contributed by atoms with Crippen LogP contribution in [0.15, 0.2) is 24.3 Å². The van der Waals surface area contributed by atoms with Gasteiger partial charge in [-0.3, -0.25) is 4.79 Å². The fraction of sp³-hybridized carbons (Fsp3) is 0.500. The zero-order valence-corrected chi connectivity index (χ0v) is 11.1. The first-order valence-electron chi connectivity index (χ1n) is 6.04. The molecule has 1 aromatic rings. The minimum absolute atomic E-state index is 0.198. The van der Waals surface area contributed by atoms with Crippen LogP contribution < -0.4 is 5.73 Å². The van der Waals surface area contributed by atoms with Crippen molar-refractivity contribution in [3.8, 4) is 0 Å². The van der Waals surface area contributed by atoms with Gasteiger partial charge < -0.3 is 10.5 Å². The van der Waals surface area contributed by atoms with Gasteiger partial charge in [-0.15, -0.1) is 0 Å². The third-order valence-corrected chi connectivity index (χ3v) is 3.61.